The standard InChI is InChI=1S/C11H18N4.2BrH/c1-7-5-10(12)14-15-11(7)9-3-4-13-8(2)6-9;;/h5,8-9,13H,3-4,6H2,1-2H3,(H2,12,14);2*1H/t8-,9-;;/m0../s1. The maximum absolute atomic E-state index is 5.60. The van der Waals surface area contributed by atoms with Crippen LogP contribution in [0.2, 0.25) is 0 Å². The van der Waals surface area contributed by atoms with E-state index in [1.54, 1.807) is 0 Å². The molecule has 2 atom stereocenters. The first-order valence-electron chi connectivity index (χ1n) is 5.50. The number of halogens is 2. The van der Waals surface area contributed by atoms with Crippen LogP contribution in [0.1, 0.15) is 36.9 Å². The zero-order valence-electron chi connectivity index (χ0n) is 10.1. The third kappa shape index (κ3) is 4.19. The summed E-state index contributed by atoms with van der Waals surface area (Å²) in [6.07, 6.45) is 2.28. The number of hydrogen-bond donors (Lipinski definition) is 2. The molecule has 4 nitrogen and oxygen atoms in total. The Kier molecular flexibility index (Phi) is 7.20. The molecule has 0 amide bonds. The smallest absolute Gasteiger partial charge is 0.146 e. The van der Waals surface area contributed by atoms with Crippen molar-refractivity contribution in [2.24, 2.45) is 0 Å². The third-order valence-corrected chi connectivity index (χ3v) is 3.05. The average Bonchev–Trinajstić information content (AvgIpc) is 2.17. The van der Waals surface area contributed by atoms with Crippen molar-refractivity contribution in [3.63, 3.8) is 0 Å². The lowest BCUT2D eigenvalue weighted by Gasteiger charge is -2.28. The molecule has 1 aliphatic heterocycles. The van der Waals surface area contributed by atoms with Crippen molar-refractivity contribution < 1.29 is 0 Å². The molecule has 3 N–H and O–H groups in total. The lowest BCUT2D eigenvalue weighted by atomic mass is 9.88. The van der Waals surface area contributed by atoms with Gasteiger partial charge in [-0.15, -0.1) is 39.1 Å². The Labute approximate surface area is 123 Å². The Hall–Kier alpha value is -0.200. The maximum Gasteiger partial charge on any atom is 0.146 e. The molecule has 1 aliphatic rings. The van der Waals surface area contributed by atoms with Gasteiger partial charge >= 0.3 is 0 Å². The van der Waals surface area contributed by atoms with Crippen molar-refractivity contribution in [1.29, 1.82) is 0 Å². The molecule has 1 saturated heterocycles. The summed E-state index contributed by atoms with van der Waals surface area (Å²) in [5.41, 5.74) is 7.89. The van der Waals surface area contributed by atoms with Crippen LogP contribution < -0.4 is 11.1 Å². The highest BCUT2D eigenvalue weighted by atomic mass is 79.9. The number of nitrogens with two attached hydrogens (primary N) is 1. The van der Waals surface area contributed by atoms with Crippen LogP contribution in [-0.2, 0) is 0 Å². The number of aryl methyl sites for hydroxylation is 1. The van der Waals surface area contributed by atoms with Gasteiger partial charge in [0.15, 0.2) is 0 Å². The van der Waals surface area contributed by atoms with Crippen molar-refractivity contribution in [1.82, 2.24) is 15.5 Å². The molecule has 1 fully saturated rings. The Morgan fingerprint density at radius 1 is 1.35 bits per heavy atom. The van der Waals surface area contributed by atoms with E-state index < -0.39 is 0 Å². The highest BCUT2D eigenvalue weighted by Gasteiger charge is 2.22. The number of piperidine rings is 1. The van der Waals surface area contributed by atoms with E-state index in [2.05, 4.69) is 29.4 Å². The van der Waals surface area contributed by atoms with Gasteiger partial charge in [-0.25, -0.2) is 0 Å². The van der Waals surface area contributed by atoms with Crippen LogP contribution in [0.5, 0.6) is 0 Å². The highest BCUT2D eigenvalue weighted by molar-refractivity contribution is 8.93. The average molecular weight is 368 g/mol. The number of aromatic nitrogens is 2. The number of nitrogens with one attached hydrogen (secondary N) is 1. The number of rotatable bonds is 1. The molecular formula is C11H20Br2N4. The van der Waals surface area contributed by atoms with Crippen molar-refractivity contribution in [3.8, 4) is 0 Å². The molecule has 1 aromatic rings. The Morgan fingerprint density at radius 2 is 2.06 bits per heavy atom. The van der Waals surface area contributed by atoms with Gasteiger partial charge in [0.1, 0.15) is 5.82 Å². The summed E-state index contributed by atoms with van der Waals surface area (Å²) in [4.78, 5) is 0. The van der Waals surface area contributed by atoms with Gasteiger partial charge in [-0.05, 0) is 44.9 Å². The van der Waals surface area contributed by atoms with Gasteiger partial charge in [-0.1, -0.05) is 0 Å². The lowest BCUT2D eigenvalue weighted by molar-refractivity contribution is 0.374. The van der Waals surface area contributed by atoms with Crippen LogP contribution in [-0.4, -0.2) is 22.8 Å². The third-order valence-electron chi connectivity index (χ3n) is 3.05. The summed E-state index contributed by atoms with van der Waals surface area (Å²) in [5, 5.41) is 11.6. The summed E-state index contributed by atoms with van der Waals surface area (Å²) >= 11 is 0. The SMILES string of the molecule is Br.Br.Cc1cc(N)nnc1[C@H]1CCN[C@@H](C)C1. The van der Waals surface area contributed by atoms with E-state index >= 15 is 0 Å². The van der Waals surface area contributed by atoms with Crippen LogP contribution in [0.3, 0.4) is 0 Å². The second-order valence-electron chi connectivity index (χ2n) is 4.41. The summed E-state index contributed by atoms with van der Waals surface area (Å²) in [6, 6.07) is 2.48. The topological polar surface area (TPSA) is 63.8 Å². The normalized spacial score (nSPS) is 23.4. The molecule has 2 rings (SSSR count). The molecule has 0 unspecified atom stereocenters. The van der Waals surface area contributed by atoms with E-state index in [1.165, 1.54) is 5.56 Å². The fourth-order valence-electron chi connectivity index (χ4n) is 2.30. The van der Waals surface area contributed by atoms with Crippen LogP contribution >= 0.6 is 34.0 Å². The molecule has 0 spiro atoms. The first kappa shape index (κ1) is 16.8. The Balaban J connectivity index is 0.00000128. The van der Waals surface area contributed by atoms with Gasteiger partial charge in [0.05, 0.1) is 5.69 Å². The molecule has 0 aromatic carbocycles. The molecule has 0 radical (unpaired) electrons. The second-order valence-corrected chi connectivity index (χ2v) is 4.41. The van der Waals surface area contributed by atoms with E-state index in [0.29, 0.717) is 17.8 Å². The minimum atomic E-state index is 0. The van der Waals surface area contributed by atoms with Gasteiger partial charge in [0.25, 0.3) is 0 Å². The largest absolute Gasteiger partial charge is 0.382 e. The molecule has 2 heterocycles. The van der Waals surface area contributed by atoms with E-state index in [9.17, 15) is 0 Å². The van der Waals surface area contributed by atoms with Gasteiger partial charge < -0.3 is 11.1 Å². The number of hydrogen-bond acceptors (Lipinski definition) is 4. The highest BCUT2D eigenvalue weighted by Crippen LogP contribution is 2.28. The van der Waals surface area contributed by atoms with Crippen LogP contribution in [0.25, 0.3) is 0 Å². The van der Waals surface area contributed by atoms with Crippen molar-refractivity contribution in [2.75, 3.05) is 12.3 Å². The predicted octanol–water partition coefficient (Wildman–Crippen LogP) is 2.38. The summed E-state index contributed by atoms with van der Waals surface area (Å²) in [7, 11) is 0. The first-order valence-corrected chi connectivity index (χ1v) is 5.50. The van der Waals surface area contributed by atoms with Crippen molar-refractivity contribution in [2.45, 2.75) is 38.6 Å². The van der Waals surface area contributed by atoms with Crippen LogP contribution in [0, 0.1) is 6.92 Å². The molecule has 0 saturated carbocycles. The van der Waals surface area contributed by atoms with Gasteiger partial charge in [-0.3, -0.25) is 0 Å². The Morgan fingerprint density at radius 3 is 2.65 bits per heavy atom. The van der Waals surface area contributed by atoms with E-state index in [1.807, 2.05) is 6.07 Å². The number of nitrogen functional groups attached to an aromatic ring is 1. The fraction of sp³-hybridized carbons (Fsp3) is 0.636. The van der Waals surface area contributed by atoms with Crippen LogP contribution in [0.15, 0.2) is 6.07 Å². The quantitative estimate of drug-likeness (QED) is 0.799. The molecular weight excluding hydrogens is 348 g/mol. The summed E-state index contributed by atoms with van der Waals surface area (Å²) < 4.78 is 0. The molecule has 98 valence electrons. The maximum atomic E-state index is 5.60. The van der Waals surface area contributed by atoms with Crippen LogP contribution in [0.4, 0.5) is 5.82 Å². The number of nitrogens with zero attached hydrogens (tertiary/aromatic N) is 2. The van der Waals surface area contributed by atoms with E-state index in [-0.39, 0.29) is 34.0 Å². The monoisotopic (exact) mass is 366 g/mol. The zero-order chi connectivity index (χ0) is 10.8. The predicted molar refractivity (Wildman–Crippen MR) is 81.3 cm³/mol. The summed E-state index contributed by atoms with van der Waals surface area (Å²) in [5.74, 6) is 1.05. The zero-order valence-corrected chi connectivity index (χ0v) is 13.6. The van der Waals surface area contributed by atoms with E-state index in [4.69, 9.17) is 5.73 Å². The molecule has 0 aliphatic carbocycles. The first-order chi connectivity index (χ1) is 7.16. The molecule has 1 aromatic heterocycles. The fourth-order valence-corrected chi connectivity index (χ4v) is 2.30. The molecule has 6 heteroatoms. The van der Waals surface area contributed by atoms with Crippen molar-refractivity contribution >= 4 is 39.8 Å². The minimum Gasteiger partial charge on any atom is -0.382 e. The second kappa shape index (κ2) is 7.28. The molecule has 17 heavy (non-hydrogen) atoms. The lowest BCUT2D eigenvalue weighted by Crippen LogP contribution is -2.35. The van der Waals surface area contributed by atoms with E-state index in [0.717, 1.165) is 25.1 Å². The summed E-state index contributed by atoms with van der Waals surface area (Å²) in [6.45, 7) is 5.34. The van der Waals surface area contributed by atoms with Crippen molar-refractivity contribution in [3.05, 3.63) is 17.3 Å². The number of anilines is 1. The van der Waals surface area contributed by atoms with Gasteiger partial charge in [0, 0.05) is 12.0 Å². The minimum absolute atomic E-state index is 0. The van der Waals surface area contributed by atoms with Gasteiger partial charge in [-0.2, -0.15) is 5.10 Å². The van der Waals surface area contributed by atoms with Gasteiger partial charge in [0.2, 0.25) is 0 Å². The Bertz CT molecular complexity index is 359. The molecule has 0 bridgehead atoms.